The highest BCUT2D eigenvalue weighted by atomic mass is 19.1. The number of nitrogens with one attached hydrogen (secondary N) is 2. The van der Waals surface area contributed by atoms with Crippen LogP contribution in [-0.4, -0.2) is 17.7 Å². The van der Waals surface area contributed by atoms with E-state index in [9.17, 15) is 9.18 Å². The van der Waals surface area contributed by atoms with E-state index in [2.05, 4.69) is 15.6 Å². The molecular weight excluding hydrogens is 349 g/mol. The number of halogens is 1. The van der Waals surface area contributed by atoms with E-state index in [1.807, 2.05) is 18.2 Å². The lowest BCUT2D eigenvalue weighted by Crippen LogP contribution is -2.23. The summed E-state index contributed by atoms with van der Waals surface area (Å²) in [6.45, 7) is 0.541. The van der Waals surface area contributed by atoms with Crippen LogP contribution in [-0.2, 0) is 6.54 Å². The Balaban J connectivity index is 1.42. The van der Waals surface area contributed by atoms with E-state index in [1.165, 1.54) is 18.5 Å². The van der Waals surface area contributed by atoms with Gasteiger partial charge in [0.1, 0.15) is 5.82 Å². The van der Waals surface area contributed by atoms with Gasteiger partial charge in [0, 0.05) is 12.7 Å². The summed E-state index contributed by atoms with van der Waals surface area (Å²) in [5.41, 5.74) is 2.10. The normalized spacial score (nSPS) is 11.9. The van der Waals surface area contributed by atoms with Gasteiger partial charge in [-0.15, -0.1) is 0 Å². The minimum Gasteiger partial charge on any atom is -0.454 e. The molecule has 0 radical (unpaired) electrons. The van der Waals surface area contributed by atoms with E-state index in [4.69, 9.17) is 9.47 Å². The summed E-state index contributed by atoms with van der Waals surface area (Å²) < 4.78 is 24.4. The van der Waals surface area contributed by atoms with Gasteiger partial charge in [-0.25, -0.2) is 4.39 Å². The minimum absolute atomic E-state index is 0.207. The average molecular weight is 365 g/mol. The van der Waals surface area contributed by atoms with Gasteiger partial charge in [0.2, 0.25) is 6.79 Å². The fourth-order valence-corrected chi connectivity index (χ4v) is 2.69. The quantitative estimate of drug-likeness (QED) is 0.722. The fraction of sp³-hybridized carbons (Fsp3) is 0.100. The Bertz CT molecular complexity index is 994. The summed E-state index contributed by atoms with van der Waals surface area (Å²) in [6, 6.07) is 13.4. The van der Waals surface area contributed by atoms with Crippen LogP contribution in [0.2, 0.25) is 0 Å². The van der Waals surface area contributed by atoms with Crippen molar-refractivity contribution >= 4 is 17.3 Å². The maximum Gasteiger partial charge on any atom is 0.253 e. The molecule has 7 heteroatoms. The number of fused-ring (bicyclic) bond motifs is 1. The fourth-order valence-electron chi connectivity index (χ4n) is 2.69. The molecule has 0 spiro atoms. The van der Waals surface area contributed by atoms with Crippen molar-refractivity contribution in [3.05, 3.63) is 77.9 Å². The summed E-state index contributed by atoms with van der Waals surface area (Å²) in [6.07, 6.45) is 2.99. The van der Waals surface area contributed by atoms with Crippen molar-refractivity contribution in [2.24, 2.45) is 0 Å². The zero-order chi connectivity index (χ0) is 18.6. The zero-order valence-electron chi connectivity index (χ0n) is 14.2. The molecule has 136 valence electrons. The molecule has 0 unspecified atom stereocenters. The smallest absolute Gasteiger partial charge is 0.253 e. The number of carbonyl (C=O) groups excluding carboxylic acids is 1. The Morgan fingerprint density at radius 2 is 1.93 bits per heavy atom. The van der Waals surface area contributed by atoms with Crippen LogP contribution in [0.1, 0.15) is 15.9 Å². The molecule has 3 aromatic rings. The van der Waals surface area contributed by atoms with Crippen molar-refractivity contribution in [1.82, 2.24) is 10.3 Å². The van der Waals surface area contributed by atoms with E-state index in [0.29, 0.717) is 35.0 Å². The van der Waals surface area contributed by atoms with Gasteiger partial charge in [0.15, 0.2) is 11.5 Å². The third kappa shape index (κ3) is 3.82. The molecule has 0 fully saturated rings. The van der Waals surface area contributed by atoms with Gasteiger partial charge in [0.25, 0.3) is 5.91 Å². The molecule has 0 atom stereocenters. The molecule has 1 aromatic heterocycles. The first kappa shape index (κ1) is 16.8. The number of ether oxygens (including phenoxy) is 2. The van der Waals surface area contributed by atoms with Gasteiger partial charge in [-0.3, -0.25) is 9.78 Å². The highest BCUT2D eigenvalue weighted by Crippen LogP contribution is 2.32. The summed E-state index contributed by atoms with van der Waals surface area (Å²) >= 11 is 0. The van der Waals surface area contributed by atoms with Crippen LogP contribution in [0.25, 0.3) is 0 Å². The summed E-state index contributed by atoms with van der Waals surface area (Å²) in [5, 5.41) is 5.75. The van der Waals surface area contributed by atoms with Crippen LogP contribution < -0.4 is 20.1 Å². The van der Waals surface area contributed by atoms with E-state index in [0.717, 1.165) is 5.56 Å². The number of anilines is 2. The largest absolute Gasteiger partial charge is 0.454 e. The van der Waals surface area contributed by atoms with Crippen molar-refractivity contribution in [1.29, 1.82) is 0 Å². The van der Waals surface area contributed by atoms with E-state index >= 15 is 0 Å². The first-order chi connectivity index (χ1) is 13.2. The van der Waals surface area contributed by atoms with Crippen LogP contribution in [0, 0.1) is 5.82 Å². The van der Waals surface area contributed by atoms with Crippen LogP contribution in [0.3, 0.4) is 0 Å². The molecule has 1 aliphatic rings. The first-order valence-electron chi connectivity index (χ1n) is 8.32. The number of aromatic nitrogens is 1. The number of rotatable bonds is 5. The second-order valence-electron chi connectivity index (χ2n) is 5.94. The second kappa shape index (κ2) is 7.33. The van der Waals surface area contributed by atoms with Crippen molar-refractivity contribution in [3.63, 3.8) is 0 Å². The summed E-state index contributed by atoms with van der Waals surface area (Å²) in [7, 11) is 0. The predicted octanol–water partition coefficient (Wildman–Crippen LogP) is 3.62. The van der Waals surface area contributed by atoms with Gasteiger partial charge in [-0.1, -0.05) is 18.2 Å². The molecule has 2 heterocycles. The molecule has 0 saturated carbocycles. The Morgan fingerprint density at radius 1 is 1.07 bits per heavy atom. The van der Waals surface area contributed by atoms with E-state index in [1.54, 1.807) is 24.3 Å². The maximum absolute atomic E-state index is 13.8. The molecule has 6 nitrogen and oxygen atoms in total. The monoisotopic (exact) mass is 365 g/mol. The number of carbonyl (C=O) groups is 1. The number of nitrogens with zero attached hydrogens (tertiary/aromatic N) is 1. The lowest BCUT2D eigenvalue weighted by Gasteiger charge is -2.09. The summed E-state index contributed by atoms with van der Waals surface area (Å²) in [4.78, 5) is 16.5. The Hall–Kier alpha value is -3.61. The molecular formula is C20H16FN3O3. The van der Waals surface area contributed by atoms with Gasteiger partial charge >= 0.3 is 0 Å². The molecule has 0 aliphatic carbocycles. The lowest BCUT2D eigenvalue weighted by molar-refractivity contribution is 0.0950. The highest BCUT2D eigenvalue weighted by molar-refractivity contribution is 5.94. The van der Waals surface area contributed by atoms with Crippen molar-refractivity contribution in [2.75, 3.05) is 12.1 Å². The standard InChI is InChI=1S/C20H16FN3O3/c21-16-3-1-2-4-17(16)24-15-8-14(10-22-11-15)20(25)23-9-13-5-6-18-19(7-13)27-12-26-18/h1-8,10-11,24H,9,12H2,(H,23,25). The number of benzene rings is 2. The number of amides is 1. The van der Waals surface area contributed by atoms with E-state index in [-0.39, 0.29) is 18.5 Å². The number of para-hydroxylation sites is 1. The van der Waals surface area contributed by atoms with Crippen molar-refractivity contribution in [3.8, 4) is 11.5 Å². The minimum atomic E-state index is -0.379. The molecule has 2 aromatic carbocycles. The predicted molar refractivity (Wildman–Crippen MR) is 97.7 cm³/mol. The lowest BCUT2D eigenvalue weighted by atomic mass is 10.2. The van der Waals surface area contributed by atoms with Crippen molar-refractivity contribution in [2.45, 2.75) is 6.54 Å². The topological polar surface area (TPSA) is 72.5 Å². The maximum atomic E-state index is 13.8. The number of hydrogen-bond acceptors (Lipinski definition) is 5. The van der Waals surface area contributed by atoms with Gasteiger partial charge in [-0.05, 0) is 35.9 Å². The Labute approximate surface area is 155 Å². The highest BCUT2D eigenvalue weighted by Gasteiger charge is 2.14. The number of hydrogen-bond donors (Lipinski definition) is 2. The van der Waals surface area contributed by atoms with Crippen LogP contribution in [0.5, 0.6) is 11.5 Å². The average Bonchev–Trinajstić information content (AvgIpc) is 3.16. The van der Waals surface area contributed by atoms with E-state index < -0.39 is 0 Å². The third-order valence-corrected chi connectivity index (χ3v) is 4.04. The van der Waals surface area contributed by atoms with Gasteiger partial charge in [-0.2, -0.15) is 0 Å². The molecule has 4 rings (SSSR count). The van der Waals surface area contributed by atoms with Crippen molar-refractivity contribution < 1.29 is 18.7 Å². The summed E-state index contributed by atoms with van der Waals surface area (Å²) in [5.74, 6) is 0.702. The second-order valence-corrected chi connectivity index (χ2v) is 5.94. The molecule has 27 heavy (non-hydrogen) atoms. The van der Waals surface area contributed by atoms with Crippen LogP contribution >= 0.6 is 0 Å². The molecule has 0 bridgehead atoms. The van der Waals surface area contributed by atoms with Crippen LogP contribution in [0.4, 0.5) is 15.8 Å². The van der Waals surface area contributed by atoms with Crippen LogP contribution in [0.15, 0.2) is 60.9 Å². The Morgan fingerprint density at radius 3 is 2.81 bits per heavy atom. The Kier molecular flexibility index (Phi) is 4.57. The van der Waals surface area contributed by atoms with Gasteiger partial charge in [0.05, 0.1) is 23.1 Å². The molecule has 1 aliphatic heterocycles. The molecule has 0 saturated heterocycles. The first-order valence-corrected chi connectivity index (χ1v) is 8.32. The SMILES string of the molecule is O=C(NCc1ccc2c(c1)OCO2)c1cncc(Nc2ccccc2F)c1. The third-order valence-electron chi connectivity index (χ3n) is 4.04. The number of pyridine rings is 1. The zero-order valence-corrected chi connectivity index (χ0v) is 14.2. The molecule has 2 N–H and O–H groups in total. The molecule has 1 amide bonds. The van der Waals surface area contributed by atoms with Gasteiger partial charge < -0.3 is 20.1 Å².